The van der Waals surface area contributed by atoms with Gasteiger partial charge in [-0.25, -0.2) is 9.37 Å². The zero-order valence-corrected chi connectivity index (χ0v) is 11.6. The number of rotatable bonds is 3. The molecule has 0 saturated carbocycles. The maximum Gasteiger partial charge on any atom is 0.209 e. The molecule has 1 aromatic heterocycles. The molecule has 0 bridgehead atoms. The average molecular weight is 278 g/mol. The molecule has 1 aliphatic heterocycles. The Balaban J connectivity index is 1.80. The van der Waals surface area contributed by atoms with Crippen LogP contribution in [0.4, 0.5) is 4.39 Å². The molecule has 2 unspecified atom stereocenters. The third-order valence-corrected chi connectivity index (χ3v) is 3.95. The lowest BCUT2D eigenvalue weighted by atomic mass is 9.98. The molecular weight excluding hydrogens is 259 g/mol. The smallest absolute Gasteiger partial charge is 0.209 e. The fourth-order valence-electron chi connectivity index (χ4n) is 2.95. The third-order valence-electron chi connectivity index (χ3n) is 3.95. The summed E-state index contributed by atoms with van der Waals surface area (Å²) in [5.74, 6) is 0.273. The van der Waals surface area contributed by atoms with Crippen molar-refractivity contribution in [2.45, 2.75) is 44.9 Å². The fraction of sp³-hybridized carbons (Fsp3) is 0.533. The lowest BCUT2D eigenvalue weighted by Gasteiger charge is -2.36. The fourth-order valence-corrected chi connectivity index (χ4v) is 2.95. The number of fused-ring (bicyclic) bond motifs is 1. The van der Waals surface area contributed by atoms with Crippen molar-refractivity contribution >= 4 is 11.1 Å². The molecule has 0 amide bonds. The normalized spacial score (nSPS) is 22.2. The lowest BCUT2D eigenvalue weighted by molar-refractivity contribution is 0.0273. The molecule has 20 heavy (non-hydrogen) atoms. The van der Waals surface area contributed by atoms with Crippen molar-refractivity contribution < 1.29 is 13.9 Å². The standard InChI is InChI=1S/C15H19FN2O2/c1-10(19)13-4-2-3-7-18(13)9-15-17-12-8-11(16)5-6-14(12)20-15/h5-6,8,10,13,19H,2-4,7,9H2,1H3. The highest BCUT2D eigenvalue weighted by Crippen LogP contribution is 2.23. The highest BCUT2D eigenvalue weighted by atomic mass is 19.1. The Morgan fingerprint density at radius 3 is 3.15 bits per heavy atom. The van der Waals surface area contributed by atoms with Crippen LogP contribution in [0.3, 0.4) is 0 Å². The summed E-state index contributed by atoms with van der Waals surface area (Å²) < 4.78 is 18.8. The van der Waals surface area contributed by atoms with Crippen LogP contribution < -0.4 is 0 Å². The molecule has 0 radical (unpaired) electrons. The summed E-state index contributed by atoms with van der Waals surface area (Å²) in [7, 11) is 0. The second kappa shape index (κ2) is 5.50. The van der Waals surface area contributed by atoms with Crippen molar-refractivity contribution in [3.63, 3.8) is 0 Å². The monoisotopic (exact) mass is 278 g/mol. The van der Waals surface area contributed by atoms with Gasteiger partial charge in [0.05, 0.1) is 12.6 Å². The first-order chi connectivity index (χ1) is 9.63. The Kier molecular flexibility index (Phi) is 3.72. The topological polar surface area (TPSA) is 49.5 Å². The first kappa shape index (κ1) is 13.5. The molecule has 2 atom stereocenters. The van der Waals surface area contributed by atoms with Gasteiger partial charge in [0.1, 0.15) is 11.3 Å². The summed E-state index contributed by atoms with van der Waals surface area (Å²) >= 11 is 0. The van der Waals surface area contributed by atoms with E-state index in [1.807, 2.05) is 6.92 Å². The highest BCUT2D eigenvalue weighted by Gasteiger charge is 2.27. The van der Waals surface area contributed by atoms with E-state index >= 15 is 0 Å². The number of benzene rings is 1. The zero-order chi connectivity index (χ0) is 14.1. The van der Waals surface area contributed by atoms with Crippen LogP contribution in [0.25, 0.3) is 11.1 Å². The molecule has 0 spiro atoms. The third kappa shape index (κ3) is 2.69. The van der Waals surface area contributed by atoms with Gasteiger partial charge in [0.2, 0.25) is 5.89 Å². The molecule has 1 N–H and O–H groups in total. The highest BCUT2D eigenvalue weighted by molar-refractivity contribution is 5.72. The maximum atomic E-state index is 13.1. The van der Waals surface area contributed by atoms with Crippen LogP contribution in [-0.2, 0) is 6.54 Å². The van der Waals surface area contributed by atoms with E-state index in [2.05, 4.69) is 9.88 Å². The van der Waals surface area contributed by atoms with Crippen molar-refractivity contribution in [2.24, 2.45) is 0 Å². The SMILES string of the molecule is CC(O)C1CCCCN1Cc1nc2cc(F)ccc2o1. The maximum absolute atomic E-state index is 13.1. The number of nitrogens with zero attached hydrogens (tertiary/aromatic N) is 2. The van der Waals surface area contributed by atoms with Crippen LogP contribution in [0, 0.1) is 5.82 Å². The zero-order valence-electron chi connectivity index (χ0n) is 11.6. The number of aliphatic hydroxyl groups is 1. The predicted molar refractivity (Wildman–Crippen MR) is 73.7 cm³/mol. The molecule has 0 aliphatic carbocycles. The van der Waals surface area contributed by atoms with Gasteiger partial charge in [-0.1, -0.05) is 6.42 Å². The molecule has 3 rings (SSSR count). The van der Waals surface area contributed by atoms with Gasteiger partial charge in [0, 0.05) is 12.1 Å². The van der Waals surface area contributed by atoms with Gasteiger partial charge in [-0.05, 0) is 38.4 Å². The molecule has 1 saturated heterocycles. The van der Waals surface area contributed by atoms with Gasteiger partial charge < -0.3 is 9.52 Å². The lowest BCUT2D eigenvalue weighted by Crippen LogP contribution is -2.45. The van der Waals surface area contributed by atoms with E-state index in [1.165, 1.54) is 12.1 Å². The summed E-state index contributed by atoms with van der Waals surface area (Å²) in [5.41, 5.74) is 1.15. The average Bonchev–Trinajstić information content (AvgIpc) is 2.80. The Labute approximate surface area is 117 Å². The van der Waals surface area contributed by atoms with E-state index in [9.17, 15) is 9.50 Å². The molecule has 2 aromatic rings. The Morgan fingerprint density at radius 2 is 2.35 bits per heavy atom. The minimum atomic E-state index is -0.364. The molecular formula is C15H19FN2O2. The number of likely N-dealkylation sites (tertiary alicyclic amines) is 1. The van der Waals surface area contributed by atoms with Gasteiger partial charge in [-0.3, -0.25) is 4.90 Å². The van der Waals surface area contributed by atoms with Crippen molar-refractivity contribution in [1.82, 2.24) is 9.88 Å². The van der Waals surface area contributed by atoms with Crippen molar-refractivity contribution in [3.8, 4) is 0 Å². The molecule has 2 heterocycles. The van der Waals surface area contributed by atoms with Crippen LogP contribution in [0.1, 0.15) is 32.1 Å². The van der Waals surface area contributed by atoms with Crippen molar-refractivity contribution in [1.29, 1.82) is 0 Å². The van der Waals surface area contributed by atoms with E-state index in [-0.39, 0.29) is 18.0 Å². The van der Waals surface area contributed by atoms with E-state index < -0.39 is 0 Å². The van der Waals surface area contributed by atoms with E-state index in [1.54, 1.807) is 6.07 Å². The van der Waals surface area contributed by atoms with Gasteiger partial charge in [0.25, 0.3) is 0 Å². The second-order valence-electron chi connectivity index (χ2n) is 5.49. The number of halogens is 1. The van der Waals surface area contributed by atoms with Crippen LogP contribution >= 0.6 is 0 Å². The largest absolute Gasteiger partial charge is 0.439 e. The predicted octanol–water partition coefficient (Wildman–Crippen LogP) is 2.70. The minimum Gasteiger partial charge on any atom is -0.439 e. The van der Waals surface area contributed by atoms with Gasteiger partial charge in [-0.15, -0.1) is 0 Å². The first-order valence-electron chi connectivity index (χ1n) is 7.10. The number of aromatic nitrogens is 1. The quantitative estimate of drug-likeness (QED) is 0.938. The van der Waals surface area contributed by atoms with Crippen LogP contribution in [0.2, 0.25) is 0 Å². The number of aliphatic hydroxyl groups excluding tert-OH is 1. The molecule has 1 aliphatic rings. The first-order valence-corrected chi connectivity index (χ1v) is 7.10. The van der Waals surface area contributed by atoms with E-state index in [0.29, 0.717) is 23.5 Å². The summed E-state index contributed by atoms with van der Waals surface area (Å²) in [6.07, 6.45) is 2.90. The van der Waals surface area contributed by atoms with Crippen LogP contribution in [0.5, 0.6) is 0 Å². The second-order valence-corrected chi connectivity index (χ2v) is 5.49. The van der Waals surface area contributed by atoms with Gasteiger partial charge in [0.15, 0.2) is 5.58 Å². The molecule has 4 nitrogen and oxygen atoms in total. The summed E-state index contributed by atoms with van der Waals surface area (Å²) in [6.45, 7) is 3.32. The number of oxazole rings is 1. The number of piperidine rings is 1. The Hall–Kier alpha value is -1.46. The summed E-state index contributed by atoms with van der Waals surface area (Å²) in [6, 6.07) is 4.50. The van der Waals surface area contributed by atoms with Gasteiger partial charge in [-0.2, -0.15) is 0 Å². The summed E-state index contributed by atoms with van der Waals surface area (Å²) in [5, 5.41) is 9.86. The Bertz CT molecular complexity index is 597. The number of hydrogen-bond donors (Lipinski definition) is 1. The molecule has 108 valence electrons. The van der Waals surface area contributed by atoms with Crippen LogP contribution in [-0.4, -0.2) is 33.7 Å². The van der Waals surface area contributed by atoms with Crippen molar-refractivity contribution in [2.75, 3.05) is 6.54 Å². The molecule has 1 aromatic carbocycles. The Morgan fingerprint density at radius 1 is 1.50 bits per heavy atom. The van der Waals surface area contributed by atoms with Gasteiger partial charge >= 0.3 is 0 Å². The van der Waals surface area contributed by atoms with E-state index in [0.717, 1.165) is 25.8 Å². The minimum absolute atomic E-state index is 0.149. The summed E-state index contributed by atoms with van der Waals surface area (Å²) in [4.78, 5) is 6.54. The van der Waals surface area contributed by atoms with Crippen molar-refractivity contribution in [3.05, 3.63) is 29.9 Å². The molecule has 1 fully saturated rings. The number of hydrogen-bond acceptors (Lipinski definition) is 4. The molecule has 5 heteroatoms. The van der Waals surface area contributed by atoms with Crippen LogP contribution in [0.15, 0.2) is 22.6 Å². The van der Waals surface area contributed by atoms with E-state index in [4.69, 9.17) is 4.42 Å².